The van der Waals surface area contributed by atoms with E-state index in [0.29, 0.717) is 0 Å². The first-order valence-corrected chi connectivity index (χ1v) is 7.80. The lowest BCUT2D eigenvalue weighted by Gasteiger charge is -2.18. The SMILES string of the molecule is NNC(c1ccc2c(c1)CCO2)c1ncc(Br)cc1Br. The third-order valence-corrected chi connectivity index (χ3v) is 4.39. The van der Waals surface area contributed by atoms with Crippen LogP contribution < -0.4 is 16.0 Å². The molecule has 1 aromatic carbocycles. The average molecular weight is 399 g/mol. The number of nitrogens with two attached hydrogens (primary N) is 1. The minimum Gasteiger partial charge on any atom is -0.493 e. The van der Waals surface area contributed by atoms with Crippen molar-refractivity contribution in [1.82, 2.24) is 10.4 Å². The Morgan fingerprint density at radius 2 is 2.15 bits per heavy atom. The number of nitrogens with zero attached hydrogens (tertiary/aromatic N) is 1. The van der Waals surface area contributed by atoms with Gasteiger partial charge in [0.25, 0.3) is 0 Å². The zero-order chi connectivity index (χ0) is 14.1. The Labute approximate surface area is 134 Å². The molecule has 3 N–H and O–H groups in total. The van der Waals surface area contributed by atoms with E-state index in [-0.39, 0.29) is 6.04 Å². The zero-order valence-electron chi connectivity index (χ0n) is 10.6. The van der Waals surface area contributed by atoms with Crippen LogP contribution in [-0.2, 0) is 6.42 Å². The van der Waals surface area contributed by atoms with Gasteiger partial charge < -0.3 is 4.74 Å². The van der Waals surface area contributed by atoms with E-state index in [1.54, 1.807) is 6.20 Å². The lowest BCUT2D eigenvalue weighted by atomic mass is 10.0. The number of hydrazine groups is 1. The summed E-state index contributed by atoms with van der Waals surface area (Å²) in [5.41, 5.74) is 5.99. The summed E-state index contributed by atoms with van der Waals surface area (Å²) in [5.74, 6) is 6.70. The lowest BCUT2D eigenvalue weighted by Crippen LogP contribution is -2.29. The number of halogens is 2. The molecular weight excluding hydrogens is 386 g/mol. The summed E-state index contributed by atoms with van der Waals surface area (Å²) in [4.78, 5) is 4.45. The number of aromatic nitrogens is 1. The quantitative estimate of drug-likeness (QED) is 0.616. The fraction of sp³-hybridized carbons (Fsp3) is 0.214. The van der Waals surface area contributed by atoms with Gasteiger partial charge in [-0.25, -0.2) is 5.43 Å². The van der Waals surface area contributed by atoms with Crippen molar-refractivity contribution in [2.45, 2.75) is 12.5 Å². The van der Waals surface area contributed by atoms with E-state index < -0.39 is 0 Å². The molecule has 0 saturated carbocycles. The molecule has 3 rings (SSSR count). The molecule has 1 atom stereocenters. The number of hydrogen-bond donors (Lipinski definition) is 2. The zero-order valence-corrected chi connectivity index (χ0v) is 13.7. The van der Waals surface area contributed by atoms with Crippen LogP contribution in [0.15, 0.2) is 39.4 Å². The molecule has 6 heteroatoms. The van der Waals surface area contributed by atoms with Gasteiger partial charge in [0.05, 0.1) is 18.3 Å². The predicted octanol–water partition coefficient (Wildman–Crippen LogP) is 3.09. The molecule has 1 unspecified atom stereocenters. The van der Waals surface area contributed by atoms with Crippen molar-refractivity contribution in [3.8, 4) is 5.75 Å². The van der Waals surface area contributed by atoms with Crippen LogP contribution in [0.3, 0.4) is 0 Å². The van der Waals surface area contributed by atoms with Crippen LogP contribution in [-0.4, -0.2) is 11.6 Å². The number of hydrogen-bond acceptors (Lipinski definition) is 4. The molecule has 1 aliphatic rings. The van der Waals surface area contributed by atoms with E-state index in [4.69, 9.17) is 10.6 Å². The van der Waals surface area contributed by atoms with Gasteiger partial charge in [0.2, 0.25) is 0 Å². The van der Waals surface area contributed by atoms with Gasteiger partial charge in [-0.1, -0.05) is 6.07 Å². The predicted molar refractivity (Wildman–Crippen MR) is 84.4 cm³/mol. The maximum absolute atomic E-state index is 5.74. The second-order valence-electron chi connectivity index (χ2n) is 4.59. The minimum atomic E-state index is -0.164. The molecule has 0 aliphatic carbocycles. The number of ether oxygens (including phenoxy) is 1. The summed E-state index contributed by atoms with van der Waals surface area (Å²) in [5, 5.41) is 0. The Balaban J connectivity index is 2.01. The second-order valence-corrected chi connectivity index (χ2v) is 6.36. The van der Waals surface area contributed by atoms with Crippen LogP contribution in [0.5, 0.6) is 5.75 Å². The molecule has 0 fully saturated rings. The van der Waals surface area contributed by atoms with Gasteiger partial charge >= 0.3 is 0 Å². The summed E-state index contributed by atoms with van der Waals surface area (Å²) < 4.78 is 7.36. The maximum Gasteiger partial charge on any atom is 0.122 e. The van der Waals surface area contributed by atoms with Gasteiger partial charge in [0.1, 0.15) is 5.75 Å². The molecule has 2 aromatic rings. The maximum atomic E-state index is 5.74. The number of nitrogens with one attached hydrogen (secondary N) is 1. The van der Waals surface area contributed by atoms with Crippen molar-refractivity contribution in [2.75, 3.05) is 6.61 Å². The first kappa shape index (κ1) is 14.0. The van der Waals surface area contributed by atoms with E-state index in [0.717, 1.165) is 39.0 Å². The molecular formula is C14H13Br2N3O. The Hall–Kier alpha value is -0.950. The molecule has 0 bridgehead atoms. The fourth-order valence-electron chi connectivity index (χ4n) is 2.36. The summed E-state index contributed by atoms with van der Waals surface area (Å²) in [6.07, 6.45) is 2.70. The molecule has 4 nitrogen and oxygen atoms in total. The van der Waals surface area contributed by atoms with Crippen molar-refractivity contribution < 1.29 is 4.74 Å². The van der Waals surface area contributed by atoms with Crippen LogP contribution in [0, 0.1) is 0 Å². The third kappa shape index (κ3) is 2.61. The van der Waals surface area contributed by atoms with E-state index in [1.165, 1.54) is 5.56 Å². The van der Waals surface area contributed by atoms with Crippen molar-refractivity contribution in [3.05, 3.63) is 56.2 Å². The minimum absolute atomic E-state index is 0.164. The number of benzene rings is 1. The van der Waals surface area contributed by atoms with Crippen LogP contribution in [0.4, 0.5) is 0 Å². The van der Waals surface area contributed by atoms with E-state index in [1.807, 2.05) is 18.2 Å². The van der Waals surface area contributed by atoms with Crippen molar-refractivity contribution in [3.63, 3.8) is 0 Å². The molecule has 2 heterocycles. The van der Waals surface area contributed by atoms with E-state index in [9.17, 15) is 0 Å². The second kappa shape index (κ2) is 5.81. The molecule has 0 radical (unpaired) electrons. The highest BCUT2D eigenvalue weighted by Gasteiger charge is 2.20. The molecule has 0 spiro atoms. The topological polar surface area (TPSA) is 60.2 Å². The van der Waals surface area contributed by atoms with Crippen molar-refractivity contribution >= 4 is 31.9 Å². The summed E-state index contributed by atoms with van der Waals surface area (Å²) >= 11 is 6.94. The highest BCUT2D eigenvalue weighted by atomic mass is 79.9. The molecule has 0 saturated heterocycles. The van der Waals surface area contributed by atoms with E-state index in [2.05, 4.69) is 48.3 Å². The molecule has 1 aliphatic heterocycles. The number of fused-ring (bicyclic) bond motifs is 1. The third-order valence-electron chi connectivity index (χ3n) is 3.32. The van der Waals surface area contributed by atoms with Crippen LogP contribution in [0.1, 0.15) is 22.9 Å². The average Bonchev–Trinajstić information content (AvgIpc) is 2.89. The Bertz CT molecular complexity index is 648. The van der Waals surface area contributed by atoms with Gasteiger partial charge in [-0.2, -0.15) is 0 Å². The summed E-state index contributed by atoms with van der Waals surface area (Å²) in [6, 6.07) is 7.94. The molecule has 104 valence electrons. The van der Waals surface area contributed by atoms with Gasteiger partial charge in [0, 0.05) is 21.6 Å². The smallest absolute Gasteiger partial charge is 0.122 e. The van der Waals surface area contributed by atoms with Gasteiger partial charge in [-0.3, -0.25) is 10.8 Å². The Kier molecular flexibility index (Phi) is 4.07. The molecule has 20 heavy (non-hydrogen) atoms. The van der Waals surface area contributed by atoms with Crippen LogP contribution in [0.2, 0.25) is 0 Å². The summed E-state index contributed by atoms with van der Waals surface area (Å²) in [6.45, 7) is 0.750. The monoisotopic (exact) mass is 397 g/mol. The van der Waals surface area contributed by atoms with Gasteiger partial charge in [-0.15, -0.1) is 0 Å². The van der Waals surface area contributed by atoms with Crippen LogP contribution >= 0.6 is 31.9 Å². The standard InChI is InChI=1S/C14H13Br2N3O/c15-10-6-11(16)14(18-7-10)13(19-17)9-1-2-12-8(5-9)3-4-20-12/h1-2,5-7,13,19H,3-4,17H2. The highest BCUT2D eigenvalue weighted by Crippen LogP contribution is 2.32. The molecule has 0 amide bonds. The van der Waals surface area contributed by atoms with E-state index >= 15 is 0 Å². The van der Waals surface area contributed by atoms with Gasteiger partial charge in [0.15, 0.2) is 0 Å². The fourth-order valence-corrected chi connectivity index (χ4v) is 3.57. The number of rotatable bonds is 3. The lowest BCUT2D eigenvalue weighted by molar-refractivity contribution is 0.357. The highest BCUT2D eigenvalue weighted by molar-refractivity contribution is 9.11. The summed E-state index contributed by atoms with van der Waals surface area (Å²) in [7, 11) is 0. The van der Waals surface area contributed by atoms with Crippen LogP contribution in [0.25, 0.3) is 0 Å². The van der Waals surface area contributed by atoms with Crippen molar-refractivity contribution in [2.24, 2.45) is 5.84 Å². The Morgan fingerprint density at radius 3 is 2.90 bits per heavy atom. The first-order chi connectivity index (χ1) is 9.69. The largest absolute Gasteiger partial charge is 0.493 e. The molecule has 1 aromatic heterocycles. The first-order valence-electron chi connectivity index (χ1n) is 6.21. The number of pyridine rings is 1. The Morgan fingerprint density at radius 1 is 1.30 bits per heavy atom. The normalized spacial score (nSPS) is 14.8. The van der Waals surface area contributed by atoms with Crippen molar-refractivity contribution in [1.29, 1.82) is 0 Å². The van der Waals surface area contributed by atoms with Gasteiger partial charge in [-0.05, 0) is 61.2 Å².